The first-order valence-electron chi connectivity index (χ1n) is 10.5. The molecular formula is C24H25N7O. The zero-order chi connectivity index (χ0) is 22.3. The molecule has 0 fully saturated rings. The van der Waals surface area contributed by atoms with Gasteiger partial charge in [0.25, 0.3) is 0 Å². The van der Waals surface area contributed by atoms with E-state index in [1.807, 2.05) is 57.3 Å². The molecule has 3 aromatic heterocycles. The molecule has 0 amide bonds. The number of aryl methyl sites for hydroxylation is 2. The van der Waals surface area contributed by atoms with E-state index < -0.39 is 5.85 Å². The van der Waals surface area contributed by atoms with Crippen LogP contribution in [0.3, 0.4) is 0 Å². The third kappa shape index (κ3) is 3.20. The van der Waals surface area contributed by atoms with Gasteiger partial charge in [-0.05, 0) is 43.3 Å². The Balaban J connectivity index is 1.72. The Hall–Kier alpha value is -3.78. The quantitative estimate of drug-likeness (QED) is 0.517. The van der Waals surface area contributed by atoms with Crippen LogP contribution in [-0.2, 0) is 11.8 Å². The molecule has 0 spiro atoms. The standard InChI is InChI=1S/C24H25N7O/c1-16-22(30(3)29-28-16)17-11-12-18-21(15-17)31(24(2,27-18)32-4)23(19-9-5-7-13-25-19)20-10-6-8-14-26-20/h5-15,23,27H,1-4H3. The number of aromatic nitrogens is 5. The maximum Gasteiger partial charge on any atom is 0.216 e. The molecule has 162 valence electrons. The molecule has 1 unspecified atom stereocenters. The van der Waals surface area contributed by atoms with Crippen LogP contribution in [0, 0.1) is 6.92 Å². The summed E-state index contributed by atoms with van der Waals surface area (Å²) < 4.78 is 7.82. The predicted molar refractivity (Wildman–Crippen MR) is 123 cm³/mol. The first-order valence-corrected chi connectivity index (χ1v) is 10.5. The number of nitrogens with one attached hydrogen (secondary N) is 1. The van der Waals surface area contributed by atoms with Gasteiger partial charge in [0.2, 0.25) is 5.85 Å². The third-order valence-corrected chi connectivity index (χ3v) is 5.94. The van der Waals surface area contributed by atoms with E-state index in [0.717, 1.165) is 39.7 Å². The molecule has 0 radical (unpaired) electrons. The highest BCUT2D eigenvalue weighted by Crippen LogP contribution is 2.48. The van der Waals surface area contributed by atoms with Gasteiger partial charge in [-0.3, -0.25) is 9.97 Å². The topological polar surface area (TPSA) is 81.0 Å². The van der Waals surface area contributed by atoms with Gasteiger partial charge in [0.15, 0.2) is 0 Å². The van der Waals surface area contributed by atoms with E-state index in [2.05, 4.69) is 48.7 Å². The lowest BCUT2D eigenvalue weighted by atomic mass is 10.0. The van der Waals surface area contributed by atoms with Crippen LogP contribution in [0.15, 0.2) is 67.0 Å². The van der Waals surface area contributed by atoms with Crippen LogP contribution in [0.1, 0.15) is 30.0 Å². The number of anilines is 2. The molecule has 1 aromatic carbocycles. The largest absolute Gasteiger partial charge is 0.342 e. The fraction of sp³-hybridized carbons (Fsp3) is 0.250. The molecule has 1 aliphatic rings. The molecule has 8 nitrogen and oxygen atoms in total. The van der Waals surface area contributed by atoms with Gasteiger partial charge < -0.3 is 15.0 Å². The van der Waals surface area contributed by atoms with Crippen molar-refractivity contribution in [3.63, 3.8) is 0 Å². The Labute approximate surface area is 186 Å². The van der Waals surface area contributed by atoms with Crippen LogP contribution >= 0.6 is 0 Å². The minimum atomic E-state index is -0.805. The lowest BCUT2D eigenvalue weighted by Gasteiger charge is -2.40. The van der Waals surface area contributed by atoms with Crippen LogP contribution in [-0.4, -0.2) is 37.9 Å². The van der Waals surface area contributed by atoms with Gasteiger partial charge in [-0.25, -0.2) is 4.68 Å². The van der Waals surface area contributed by atoms with Gasteiger partial charge in [0.1, 0.15) is 6.04 Å². The van der Waals surface area contributed by atoms with Crippen molar-refractivity contribution in [1.82, 2.24) is 25.0 Å². The second kappa shape index (κ2) is 7.72. The molecule has 1 N–H and O–H groups in total. The first kappa shape index (κ1) is 20.1. The number of hydrogen-bond acceptors (Lipinski definition) is 7. The number of benzene rings is 1. The first-order chi connectivity index (χ1) is 15.5. The highest BCUT2D eigenvalue weighted by atomic mass is 16.5. The van der Waals surface area contributed by atoms with Crippen molar-refractivity contribution in [3.8, 4) is 11.3 Å². The number of methoxy groups -OCH3 is 1. The number of rotatable bonds is 5. The van der Waals surface area contributed by atoms with E-state index in [-0.39, 0.29) is 6.04 Å². The molecule has 1 aliphatic heterocycles. The Morgan fingerprint density at radius 3 is 2.22 bits per heavy atom. The lowest BCUT2D eigenvalue weighted by Crippen LogP contribution is -2.52. The summed E-state index contributed by atoms with van der Waals surface area (Å²) in [5.74, 6) is -0.805. The summed E-state index contributed by atoms with van der Waals surface area (Å²) >= 11 is 0. The molecule has 0 aliphatic carbocycles. The number of fused-ring (bicyclic) bond motifs is 1. The number of ether oxygens (including phenoxy) is 1. The van der Waals surface area contributed by atoms with E-state index in [1.54, 1.807) is 24.2 Å². The summed E-state index contributed by atoms with van der Waals surface area (Å²) in [6, 6.07) is 17.9. The molecular weight excluding hydrogens is 402 g/mol. The molecule has 4 aromatic rings. The average Bonchev–Trinajstić information content (AvgIpc) is 3.31. The van der Waals surface area contributed by atoms with Crippen molar-refractivity contribution in [3.05, 3.63) is 84.1 Å². The monoisotopic (exact) mass is 427 g/mol. The molecule has 32 heavy (non-hydrogen) atoms. The predicted octanol–water partition coefficient (Wildman–Crippen LogP) is 3.92. The molecule has 5 rings (SSSR count). The van der Waals surface area contributed by atoms with Crippen molar-refractivity contribution in [1.29, 1.82) is 0 Å². The van der Waals surface area contributed by atoms with E-state index >= 15 is 0 Å². The van der Waals surface area contributed by atoms with Crippen LogP contribution < -0.4 is 10.2 Å². The Bertz CT molecular complexity index is 1180. The molecule has 1 atom stereocenters. The van der Waals surface area contributed by atoms with Gasteiger partial charge in [-0.15, -0.1) is 5.10 Å². The lowest BCUT2D eigenvalue weighted by molar-refractivity contribution is 0.0280. The van der Waals surface area contributed by atoms with Gasteiger partial charge >= 0.3 is 0 Å². The van der Waals surface area contributed by atoms with Crippen LogP contribution in [0.2, 0.25) is 0 Å². The van der Waals surface area contributed by atoms with E-state index in [9.17, 15) is 0 Å². The van der Waals surface area contributed by atoms with E-state index in [0.29, 0.717) is 0 Å². The van der Waals surface area contributed by atoms with Gasteiger partial charge in [-0.1, -0.05) is 23.4 Å². The highest BCUT2D eigenvalue weighted by molar-refractivity contribution is 5.83. The van der Waals surface area contributed by atoms with Crippen molar-refractivity contribution < 1.29 is 4.74 Å². The van der Waals surface area contributed by atoms with Crippen molar-refractivity contribution in [2.45, 2.75) is 25.7 Å². The van der Waals surface area contributed by atoms with Crippen molar-refractivity contribution >= 4 is 11.4 Å². The SMILES string of the molecule is COC1(C)Nc2ccc(-c3c(C)nnn3C)cc2N1C(c1ccccn1)c1ccccn1. The fourth-order valence-corrected chi connectivity index (χ4v) is 4.41. The van der Waals surface area contributed by atoms with E-state index in [4.69, 9.17) is 4.74 Å². The second-order valence-electron chi connectivity index (χ2n) is 7.97. The van der Waals surface area contributed by atoms with E-state index in [1.165, 1.54) is 0 Å². The molecule has 0 bridgehead atoms. The Kier molecular flexibility index (Phi) is 4.86. The number of pyridine rings is 2. The zero-order valence-corrected chi connectivity index (χ0v) is 18.5. The number of nitrogens with zero attached hydrogens (tertiary/aromatic N) is 6. The summed E-state index contributed by atoms with van der Waals surface area (Å²) in [6.07, 6.45) is 3.61. The molecule has 8 heteroatoms. The summed E-state index contributed by atoms with van der Waals surface area (Å²) in [5, 5.41) is 11.9. The van der Waals surface area contributed by atoms with Gasteiger partial charge in [0.05, 0.1) is 34.2 Å². The van der Waals surface area contributed by atoms with Gasteiger partial charge in [0, 0.05) is 39.0 Å². The Morgan fingerprint density at radius 1 is 1.00 bits per heavy atom. The van der Waals surface area contributed by atoms with Crippen molar-refractivity contribution in [2.75, 3.05) is 17.3 Å². The smallest absolute Gasteiger partial charge is 0.216 e. The third-order valence-electron chi connectivity index (χ3n) is 5.94. The minimum Gasteiger partial charge on any atom is -0.342 e. The molecule has 4 heterocycles. The summed E-state index contributed by atoms with van der Waals surface area (Å²) in [6.45, 7) is 3.98. The Morgan fingerprint density at radius 2 is 1.69 bits per heavy atom. The maximum absolute atomic E-state index is 6.03. The highest BCUT2D eigenvalue weighted by Gasteiger charge is 2.45. The average molecular weight is 428 g/mol. The number of hydrogen-bond donors (Lipinski definition) is 1. The second-order valence-corrected chi connectivity index (χ2v) is 7.97. The minimum absolute atomic E-state index is 0.267. The molecule has 0 saturated heterocycles. The summed E-state index contributed by atoms with van der Waals surface area (Å²) in [7, 11) is 3.61. The fourth-order valence-electron chi connectivity index (χ4n) is 4.41. The summed E-state index contributed by atoms with van der Waals surface area (Å²) in [5.41, 5.74) is 6.62. The maximum atomic E-state index is 6.03. The summed E-state index contributed by atoms with van der Waals surface area (Å²) in [4.78, 5) is 11.6. The normalized spacial score (nSPS) is 17.5. The van der Waals surface area contributed by atoms with Crippen LogP contribution in [0.5, 0.6) is 0 Å². The van der Waals surface area contributed by atoms with Crippen LogP contribution in [0.4, 0.5) is 11.4 Å². The van der Waals surface area contributed by atoms with Crippen molar-refractivity contribution in [2.24, 2.45) is 7.05 Å². The zero-order valence-electron chi connectivity index (χ0n) is 18.5. The van der Waals surface area contributed by atoms with Gasteiger partial charge in [-0.2, -0.15) is 0 Å². The van der Waals surface area contributed by atoms with Crippen LogP contribution in [0.25, 0.3) is 11.3 Å². The molecule has 0 saturated carbocycles.